The summed E-state index contributed by atoms with van der Waals surface area (Å²) >= 11 is 18.6. The SMILES string of the molecule is CCN1C(=O)C(CC(=O)Nc2cccc(Cl)c2Cl)SC1=Nc1ccc(Cl)c(C(F)(F)F)c1. The molecule has 0 radical (unpaired) electrons. The Morgan fingerprint density at radius 1 is 1.19 bits per heavy atom. The highest BCUT2D eigenvalue weighted by atomic mass is 35.5. The minimum Gasteiger partial charge on any atom is -0.325 e. The Hall–Kier alpha value is -1.94. The Morgan fingerprint density at radius 3 is 2.56 bits per heavy atom. The number of benzene rings is 2. The maximum absolute atomic E-state index is 13.1. The van der Waals surface area contributed by atoms with Crippen molar-refractivity contribution in [1.29, 1.82) is 0 Å². The fourth-order valence-electron chi connectivity index (χ4n) is 2.90. The molecular formula is C20H15Cl3F3N3O2S. The number of amidine groups is 1. The van der Waals surface area contributed by atoms with Crippen molar-refractivity contribution in [1.82, 2.24) is 4.90 Å². The molecule has 32 heavy (non-hydrogen) atoms. The van der Waals surface area contributed by atoms with Gasteiger partial charge in [-0.3, -0.25) is 14.5 Å². The number of thioether (sulfide) groups is 1. The van der Waals surface area contributed by atoms with Crippen LogP contribution >= 0.6 is 46.6 Å². The first-order chi connectivity index (χ1) is 15.0. The van der Waals surface area contributed by atoms with E-state index < -0.39 is 27.9 Å². The summed E-state index contributed by atoms with van der Waals surface area (Å²) in [4.78, 5) is 30.7. The van der Waals surface area contributed by atoms with E-state index in [1.807, 2.05) is 0 Å². The summed E-state index contributed by atoms with van der Waals surface area (Å²) in [5.74, 6) is -0.836. The van der Waals surface area contributed by atoms with Crippen molar-refractivity contribution < 1.29 is 22.8 Å². The standard InChI is InChI=1S/C20H15Cl3F3N3O2S/c1-2-29-18(31)15(9-16(30)28-14-5-3-4-13(22)17(14)23)32-19(29)27-10-6-7-12(21)11(8-10)20(24,25)26/h3-8,15H,2,9H2,1H3,(H,28,30). The fourth-order valence-corrected chi connectivity index (χ4v) is 4.69. The fraction of sp³-hybridized carbons (Fsp3) is 0.250. The van der Waals surface area contributed by atoms with Gasteiger partial charge in [-0.15, -0.1) is 0 Å². The van der Waals surface area contributed by atoms with E-state index in [9.17, 15) is 22.8 Å². The number of amides is 2. The molecule has 0 saturated carbocycles. The molecule has 1 atom stereocenters. The van der Waals surface area contributed by atoms with E-state index in [-0.39, 0.29) is 39.8 Å². The van der Waals surface area contributed by atoms with Gasteiger partial charge in [-0.2, -0.15) is 13.2 Å². The molecular weight excluding hydrogens is 510 g/mol. The Balaban J connectivity index is 1.79. The average Bonchev–Trinajstić information content (AvgIpc) is 3.00. The highest BCUT2D eigenvalue weighted by molar-refractivity contribution is 8.15. The lowest BCUT2D eigenvalue weighted by molar-refractivity contribution is -0.137. The molecule has 0 aliphatic carbocycles. The quantitative estimate of drug-likeness (QED) is 0.477. The monoisotopic (exact) mass is 523 g/mol. The first kappa shape index (κ1) is 24.7. The second kappa shape index (κ2) is 9.91. The third kappa shape index (κ3) is 5.51. The van der Waals surface area contributed by atoms with Gasteiger partial charge in [0.1, 0.15) is 5.25 Å². The molecule has 3 rings (SSSR count). The molecule has 1 heterocycles. The van der Waals surface area contributed by atoms with Crippen molar-refractivity contribution in [2.24, 2.45) is 4.99 Å². The number of hydrogen-bond donors (Lipinski definition) is 1. The first-order valence-corrected chi connectivity index (χ1v) is 11.2. The summed E-state index contributed by atoms with van der Waals surface area (Å²) in [7, 11) is 0. The zero-order valence-electron chi connectivity index (χ0n) is 16.3. The van der Waals surface area contributed by atoms with Crippen molar-refractivity contribution >= 4 is 74.9 Å². The molecule has 1 saturated heterocycles. The van der Waals surface area contributed by atoms with Gasteiger partial charge < -0.3 is 5.32 Å². The minimum atomic E-state index is -4.64. The van der Waals surface area contributed by atoms with Crippen LogP contribution in [0.3, 0.4) is 0 Å². The number of anilines is 1. The Labute approximate surface area is 200 Å². The predicted molar refractivity (Wildman–Crippen MR) is 122 cm³/mol. The largest absolute Gasteiger partial charge is 0.417 e. The third-order valence-electron chi connectivity index (χ3n) is 4.41. The van der Waals surface area contributed by atoms with E-state index in [4.69, 9.17) is 34.8 Å². The van der Waals surface area contributed by atoms with Crippen LogP contribution in [0.5, 0.6) is 0 Å². The van der Waals surface area contributed by atoms with Crippen LogP contribution in [-0.4, -0.2) is 33.7 Å². The van der Waals surface area contributed by atoms with Crippen LogP contribution in [-0.2, 0) is 15.8 Å². The lowest BCUT2D eigenvalue weighted by Gasteiger charge is -2.14. The summed E-state index contributed by atoms with van der Waals surface area (Å²) in [5, 5.41) is 2.01. The van der Waals surface area contributed by atoms with Gasteiger partial charge >= 0.3 is 6.18 Å². The van der Waals surface area contributed by atoms with Crippen LogP contribution in [0.15, 0.2) is 41.4 Å². The molecule has 1 unspecified atom stereocenters. The van der Waals surface area contributed by atoms with Gasteiger partial charge in [0.15, 0.2) is 5.17 Å². The zero-order valence-corrected chi connectivity index (χ0v) is 19.4. The van der Waals surface area contributed by atoms with Gasteiger partial charge in [0.25, 0.3) is 0 Å². The molecule has 5 nitrogen and oxygen atoms in total. The summed E-state index contributed by atoms with van der Waals surface area (Å²) < 4.78 is 39.4. The van der Waals surface area contributed by atoms with E-state index in [2.05, 4.69) is 10.3 Å². The number of hydrogen-bond acceptors (Lipinski definition) is 4. The van der Waals surface area contributed by atoms with Crippen molar-refractivity contribution in [2.75, 3.05) is 11.9 Å². The van der Waals surface area contributed by atoms with Crippen LogP contribution in [0, 0.1) is 0 Å². The maximum Gasteiger partial charge on any atom is 0.417 e. The molecule has 1 aliphatic heterocycles. The number of nitrogens with zero attached hydrogens (tertiary/aromatic N) is 2. The molecule has 12 heteroatoms. The summed E-state index contributed by atoms with van der Waals surface area (Å²) in [5.41, 5.74) is -0.722. The molecule has 2 aromatic rings. The summed E-state index contributed by atoms with van der Waals surface area (Å²) in [6, 6.07) is 7.99. The van der Waals surface area contributed by atoms with Gasteiger partial charge in [-0.25, -0.2) is 4.99 Å². The van der Waals surface area contributed by atoms with Gasteiger partial charge in [-0.1, -0.05) is 52.6 Å². The van der Waals surface area contributed by atoms with Crippen LogP contribution in [0.4, 0.5) is 24.5 Å². The smallest absolute Gasteiger partial charge is 0.325 e. The number of nitrogens with one attached hydrogen (secondary N) is 1. The highest BCUT2D eigenvalue weighted by Gasteiger charge is 2.39. The Bertz CT molecular complexity index is 1100. The van der Waals surface area contributed by atoms with Gasteiger partial charge in [0.05, 0.1) is 32.0 Å². The Morgan fingerprint density at radius 2 is 1.91 bits per heavy atom. The number of halogens is 6. The number of carbonyl (C=O) groups excluding carboxylic acids is 2. The van der Waals surface area contributed by atoms with Crippen molar-refractivity contribution in [3.8, 4) is 0 Å². The molecule has 0 spiro atoms. The third-order valence-corrected chi connectivity index (χ3v) is 6.74. The molecule has 2 aromatic carbocycles. The lowest BCUT2D eigenvalue weighted by atomic mass is 10.2. The van der Waals surface area contributed by atoms with Crippen LogP contribution in [0.1, 0.15) is 18.9 Å². The van der Waals surface area contributed by atoms with E-state index >= 15 is 0 Å². The van der Waals surface area contributed by atoms with Crippen LogP contribution in [0.25, 0.3) is 0 Å². The Kier molecular flexibility index (Phi) is 7.65. The maximum atomic E-state index is 13.1. The van der Waals surface area contributed by atoms with E-state index in [1.54, 1.807) is 25.1 Å². The molecule has 1 aliphatic rings. The number of alkyl halides is 3. The normalized spacial score (nSPS) is 17.8. The molecule has 1 fully saturated rings. The van der Waals surface area contributed by atoms with Crippen molar-refractivity contribution in [2.45, 2.75) is 24.8 Å². The average molecular weight is 525 g/mol. The number of aliphatic imine (C=N–C) groups is 1. The van der Waals surface area contributed by atoms with Crippen LogP contribution < -0.4 is 5.32 Å². The van der Waals surface area contributed by atoms with Crippen molar-refractivity contribution in [3.05, 3.63) is 57.0 Å². The van der Waals surface area contributed by atoms with E-state index in [1.165, 1.54) is 11.0 Å². The molecule has 2 amide bonds. The van der Waals surface area contributed by atoms with E-state index in [0.717, 1.165) is 23.9 Å². The summed E-state index contributed by atoms with van der Waals surface area (Å²) in [6.07, 6.45) is -4.82. The highest BCUT2D eigenvalue weighted by Crippen LogP contribution is 2.38. The topological polar surface area (TPSA) is 61.8 Å². The van der Waals surface area contributed by atoms with Gasteiger partial charge in [0, 0.05) is 13.0 Å². The molecule has 170 valence electrons. The van der Waals surface area contributed by atoms with E-state index in [0.29, 0.717) is 5.69 Å². The van der Waals surface area contributed by atoms with Crippen LogP contribution in [0.2, 0.25) is 15.1 Å². The second-order valence-electron chi connectivity index (χ2n) is 6.60. The van der Waals surface area contributed by atoms with Crippen molar-refractivity contribution in [3.63, 3.8) is 0 Å². The molecule has 0 aromatic heterocycles. The minimum absolute atomic E-state index is 0.00807. The van der Waals surface area contributed by atoms with Gasteiger partial charge in [0.2, 0.25) is 11.8 Å². The molecule has 0 bridgehead atoms. The lowest BCUT2D eigenvalue weighted by Crippen LogP contribution is -2.33. The van der Waals surface area contributed by atoms with Gasteiger partial charge in [-0.05, 0) is 37.3 Å². The zero-order chi connectivity index (χ0) is 23.6. The summed E-state index contributed by atoms with van der Waals surface area (Å²) in [6.45, 7) is 1.94. The number of rotatable bonds is 5. The first-order valence-electron chi connectivity index (χ1n) is 9.18. The molecule has 1 N–H and O–H groups in total. The second-order valence-corrected chi connectivity index (χ2v) is 8.96. The number of carbonyl (C=O) groups is 2. The predicted octanol–water partition coefficient (Wildman–Crippen LogP) is 6.65.